The van der Waals surface area contributed by atoms with Gasteiger partial charge >= 0.3 is 0 Å². The zero-order valence-corrected chi connectivity index (χ0v) is 15.7. The molecule has 0 unspecified atom stereocenters. The minimum absolute atomic E-state index is 0.0782. The average molecular weight is 433 g/mol. The van der Waals surface area contributed by atoms with E-state index >= 15 is 0 Å². The van der Waals surface area contributed by atoms with E-state index in [4.69, 9.17) is 27.2 Å². The number of thioether (sulfide) groups is 1. The third-order valence-corrected chi connectivity index (χ3v) is 4.98. The molecule has 0 spiro atoms. The lowest BCUT2D eigenvalue weighted by Gasteiger charge is -2.08. The van der Waals surface area contributed by atoms with Crippen molar-refractivity contribution in [1.29, 1.82) is 5.41 Å². The summed E-state index contributed by atoms with van der Waals surface area (Å²) in [6.45, 7) is 0. The molecule has 1 aliphatic heterocycles. The van der Waals surface area contributed by atoms with Gasteiger partial charge in [0.05, 0.1) is 15.4 Å². The minimum Gasteiger partial charge on any atom is -0.456 e. The predicted molar refractivity (Wildman–Crippen MR) is 105 cm³/mol. The highest BCUT2D eigenvalue weighted by Crippen LogP contribution is 2.38. The molecular weight excluding hydrogens is 424 g/mol. The Kier molecular flexibility index (Phi) is 4.56. The molecule has 3 N–H and O–H groups in total. The number of nitrogens with zero attached hydrogens (tertiary/aromatic N) is 4. The molecule has 3 heterocycles. The molecule has 4 rings (SSSR count). The van der Waals surface area contributed by atoms with E-state index in [1.165, 1.54) is 30.3 Å². The fraction of sp³-hybridized carbons (Fsp3) is 0. The van der Waals surface area contributed by atoms with Crippen molar-refractivity contribution >= 4 is 57.8 Å². The molecule has 0 bridgehead atoms. The SMILES string of the molecule is N=C1S/C(=C/c2ccc(-c3cc(Cl)ccc3[N+](=O)[O-])o2)C(=O)N1c1nonc1N. The number of anilines is 2. The summed E-state index contributed by atoms with van der Waals surface area (Å²) in [5, 5.41) is 26.3. The number of aromatic nitrogens is 2. The lowest BCUT2D eigenvalue weighted by molar-refractivity contribution is -0.384. The van der Waals surface area contributed by atoms with Gasteiger partial charge in [0.2, 0.25) is 11.6 Å². The van der Waals surface area contributed by atoms with Crippen molar-refractivity contribution in [2.24, 2.45) is 0 Å². The van der Waals surface area contributed by atoms with Crippen LogP contribution in [0.25, 0.3) is 17.4 Å². The molecule has 0 atom stereocenters. The maximum atomic E-state index is 12.6. The minimum atomic E-state index is -0.561. The maximum absolute atomic E-state index is 12.6. The lowest BCUT2D eigenvalue weighted by Crippen LogP contribution is -2.29. The van der Waals surface area contributed by atoms with Crippen LogP contribution in [0.2, 0.25) is 5.02 Å². The first-order chi connectivity index (χ1) is 13.8. The van der Waals surface area contributed by atoms with E-state index in [-0.39, 0.29) is 44.5 Å². The zero-order chi connectivity index (χ0) is 20.7. The number of furan rings is 1. The first-order valence-corrected chi connectivity index (χ1v) is 8.99. The number of amidine groups is 1. The van der Waals surface area contributed by atoms with Crippen LogP contribution in [0.5, 0.6) is 0 Å². The van der Waals surface area contributed by atoms with Crippen LogP contribution in [0.15, 0.2) is 44.3 Å². The molecule has 0 aliphatic carbocycles. The highest BCUT2D eigenvalue weighted by molar-refractivity contribution is 8.19. The fourth-order valence-electron chi connectivity index (χ4n) is 2.59. The largest absolute Gasteiger partial charge is 0.456 e. The van der Waals surface area contributed by atoms with Gasteiger partial charge in [0.25, 0.3) is 11.6 Å². The molecule has 1 aliphatic rings. The Bertz CT molecular complexity index is 1200. The summed E-state index contributed by atoms with van der Waals surface area (Å²) in [6, 6.07) is 7.18. The van der Waals surface area contributed by atoms with E-state index in [1.807, 2.05) is 0 Å². The van der Waals surface area contributed by atoms with Crippen molar-refractivity contribution in [1.82, 2.24) is 10.3 Å². The number of hydrogen-bond acceptors (Lipinski definition) is 10. The van der Waals surface area contributed by atoms with Gasteiger partial charge in [-0.2, -0.15) is 0 Å². The van der Waals surface area contributed by atoms with E-state index in [2.05, 4.69) is 14.9 Å². The molecule has 1 fully saturated rings. The zero-order valence-electron chi connectivity index (χ0n) is 14.2. The molecule has 29 heavy (non-hydrogen) atoms. The number of carbonyl (C=O) groups excluding carboxylic acids is 1. The Morgan fingerprint density at radius 1 is 1.31 bits per heavy atom. The number of nitro groups is 1. The highest BCUT2D eigenvalue weighted by atomic mass is 35.5. The molecular formula is C16H9ClN6O5S. The number of benzene rings is 1. The molecule has 3 aromatic rings. The maximum Gasteiger partial charge on any atom is 0.280 e. The molecule has 146 valence electrons. The molecule has 1 saturated heterocycles. The van der Waals surface area contributed by atoms with Crippen molar-refractivity contribution in [2.75, 3.05) is 10.6 Å². The number of nitro benzene ring substituents is 1. The van der Waals surface area contributed by atoms with Crippen molar-refractivity contribution in [3.05, 3.63) is 56.1 Å². The van der Waals surface area contributed by atoms with Gasteiger partial charge in [-0.3, -0.25) is 20.3 Å². The van der Waals surface area contributed by atoms with Crippen molar-refractivity contribution < 1.29 is 18.8 Å². The first-order valence-electron chi connectivity index (χ1n) is 7.80. The molecule has 13 heteroatoms. The number of amides is 1. The van der Waals surface area contributed by atoms with E-state index < -0.39 is 10.8 Å². The van der Waals surface area contributed by atoms with Gasteiger partial charge < -0.3 is 10.2 Å². The van der Waals surface area contributed by atoms with E-state index in [9.17, 15) is 14.9 Å². The topological polar surface area (TPSA) is 165 Å². The third-order valence-electron chi connectivity index (χ3n) is 3.85. The molecule has 11 nitrogen and oxygen atoms in total. The average Bonchev–Trinajstić information content (AvgIpc) is 3.36. The van der Waals surface area contributed by atoms with Gasteiger partial charge in [0.1, 0.15) is 11.5 Å². The normalized spacial score (nSPS) is 15.5. The Labute approximate surface area is 170 Å². The number of nitrogen functional groups attached to an aromatic ring is 1. The smallest absolute Gasteiger partial charge is 0.280 e. The molecule has 1 amide bonds. The summed E-state index contributed by atoms with van der Waals surface area (Å²) in [6.07, 6.45) is 1.41. The summed E-state index contributed by atoms with van der Waals surface area (Å²) < 4.78 is 10.1. The quantitative estimate of drug-likeness (QED) is 0.356. The van der Waals surface area contributed by atoms with Crippen molar-refractivity contribution in [2.45, 2.75) is 0 Å². The van der Waals surface area contributed by atoms with Crippen LogP contribution < -0.4 is 10.6 Å². The Hall–Kier alpha value is -3.64. The van der Waals surface area contributed by atoms with Gasteiger partial charge in [-0.25, -0.2) is 9.53 Å². The number of nitrogens with two attached hydrogens (primary N) is 1. The van der Waals surface area contributed by atoms with Crippen LogP contribution in [0.4, 0.5) is 17.3 Å². The van der Waals surface area contributed by atoms with Crippen LogP contribution in [0.3, 0.4) is 0 Å². The summed E-state index contributed by atoms with van der Waals surface area (Å²) in [5.74, 6) is -0.303. The summed E-state index contributed by atoms with van der Waals surface area (Å²) in [4.78, 5) is 24.4. The molecule has 0 saturated carbocycles. The van der Waals surface area contributed by atoms with Gasteiger partial charge in [0.15, 0.2) is 5.17 Å². The second-order valence-corrected chi connectivity index (χ2v) is 7.12. The summed E-state index contributed by atoms with van der Waals surface area (Å²) in [5.41, 5.74) is 5.62. The Morgan fingerprint density at radius 2 is 2.10 bits per heavy atom. The van der Waals surface area contributed by atoms with Crippen LogP contribution in [0, 0.1) is 15.5 Å². The van der Waals surface area contributed by atoms with E-state index in [1.54, 1.807) is 6.07 Å². The number of hydrogen-bond donors (Lipinski definition) is 2. The van der Waals surface area contributed by atoms with Gasteiger partial charge in [-0.15, -0.1) is 0 Å². The Balaban J connectivity index is 1.67. The van der Waals surface area contributed by atoms with E-state index in [0.29, 0.717) is 5.02 Å². The molecule has 1 aromatic carbocycles. The van der Waals surface area contributed by atoms with Crippen molar-refractivity contribution in [3.8, 4) is 11.3 Å². The van der Waals surface area contributed by atoms with Gasteiger partial charge in [0, 0.05) is 17.2 Å². The lowest BCUT2D eigenvalue weighted by atomic mass is 10.1. The van der Waals surface area contributed by atoms with Crippen LogP contribution in [-0.4, -0.2) is 26.3 Å². The van der Waals surface area contributed by atoms with Crippen LogP contribution in [-0.2, 0) is 4.79 Å². The number of carbonyl (C=O) groups is 1. The van der Waals surface area contributed by atoms with Gasteiger partial charge in [-0.1, -0.05) is 11.6 Å². The number of rotatable bonds is 4. The fourth-order valence-corrected chi connectivity index (χ4v) is 3.59. The number of halogens is 1. The summed E-state index contributed by atoms with van der Waals surface area (Å²) >= 11 is 6.81. The first kappa shape index (κ1) is 18.7. The van der Waals surface area contributed by atoms with Crippen molar-refractivity contribution in [3.63, 3.8) is 0 Å². The number of nitrogens with one attached hydrogen (secondary N) is 1. The monoisotopic (exact) mass is 432 g/mol. The highest BCUT2D eigenvalue weighted by Gasteiger charge is 2.37. The predicted octanol–water partition coefficient (Wildman–Crippen LogP) is 3.53. The standard InChI is InChI=1S/C16H9ClN6O5S/c17-7-1-3-10(23(25)26)9(5-7)11-4-2-8(27-11)6-12-15(24)22(16(19)29-12)14-13(18)20-28-21-14/h1-6,19H,(H2,18,20)/b12-6+,19-16?. The van der Waals surface area contributed by atoms with Crippen LogP contribution >= 0.6 is 23.4 Å². The van der Waals surface area contributed by atoms with E-state index in [0.717, 1.165) is 16.7 Å². The second-order valence-electron chi connectivity index (χ2n) is 5.65. The molecule has 2 aromatic heterocycles. The summed E-state index contributed by atoms with van der Waals surface area (Å²) in [7, 11) is 0. The van der Waals surface area contributed by atoms with Gasteiger partial charge in [-0.05, 0) is 46.3 Å². The third kappa shape index (κ3) is 3.34. The second kappa shape index (κ2) is 7.07. The van der Waals surface area contributed by atoms with Crippen LogP contribution in [0.1, 0.15) is 5.76 Å². The molecule has 0 radical (unpaired) electrons. The Morgan fingerprint density at radius 3 is 2.79 bits per heavy atom.